The van der Waals surface area contributed by atoms with E-state index in [1.54, 1.807) is 14.0 Å². The van der Waals surface area contributed by atoms with Crippen molar-refractivity contribution in [1.29, 1.82) is 0 Å². The van der Waals surface area contributed by atoms with Crippen molar-refractivity contribution in [3.63, 3.8) is 0 Å². The number of carbonyl (C=O) groups excluding carboxylic acids is 1. The Balaban J connectivity index is 2.39. The Bertz CT molecular complexity index is 339. The van der Waals surface area contributed by atoms with E-state index in [-0.39, 0.29) is 5.97 Å². The lowest BCUT2D eigenvalue weighted by molar-refractivity contribution is -0.142. The Morgan fingerprint density at radius 3 is 2.81 bits per heavy atom. The minimum Gasteiger partial charge on any atom is -0.495 e. The van der Waals surface area contributed by atoms with Gasteiger partial charge in [0.2, 0.25) is 0 Å². The molecule has 4 nitrogen and oxygen atoms in total. The van der Waals surface area contributed by atoms with Crippen LogP contribution < -0.4 is 10.1 Å². The number of ether oxygens (including phenoxy) is 2. The summed E-state index contributed by atoms with van der Waals surface area (Å²) in [6.07, 6.45) is 0.353. The molecule has 0 aliphatic carbocycles. The SMILES string of the molecule is CCOC(=O)CCNc1ccccc1OC. The van der Waals surface area contributed by atoms with Crippen LogP contribution in [0.25, 0.3) is 0 Å². The van der Waals surface area contributed by atoms with E-state index in [9.17, 15) is 4.79 Å². The van der Waals surface area contributed by atoms with Crippen LogP contribution in [0.3, 0.4) is 0 Å². The highest BCUT2D eigenvalue weighted by atomic mass is 16.5. The smallest absolute Gasteiger partial charge is 0.307 e. The van der Waals surface area contributed by atoms with Crippen molar-refractivity contribution in [2.75, 3.05) is 25.6 Å². The normalized spacial score (nSPS) is 9.62. The summed E-state index contributed by atoms with van der Waals surface area (Å²) in [4.78, 5) is 11.1. The Morgan fingerprint density at radius 2 is 2.12 bits per heavy atom. The second-order valence-corrected chi connectivity index (χ2v) is 3.18. The average molecular weight is 223 g/mol. The minimum atomic E-state index is -0.190. The highest BCUT2D eigenvalue weighted by Gasteiger charge is 2.03. The fourth-order valence-corrected chi connectivity index (χ4v) is 1.32. The maximum atomic E-state index is 11.1. The zero-order chi connectivity index (χ0) is 11.8. The first-order chi connectivity index (χ1) is 7.77. The monoisotopic (exact) mass is 223 g/mol. The number of benzene rings is 1. The highest BCUT2D eigenvalue weighted by Crippen LogP contribution is 2.22. The zero-order valence-electron chi connectivity index (χ0n) is 9.66. The lowest BCUT2D eigenvalue weighted by atomic mass is 10.3. The van der Waals surface area contributed by atoms with Gasteiger partial charge in [0.1, 0.15) is 5.75 Å². The molecule has 0 aliphatic heterocycles. The molecule has 0 atom stereocenters. The largest absolute Gasteiger partial charge is 0.495 e. The van der Waals surface area contributed by atoms with Gasteiger partial charge in [0.15, 0.2) is 0 Å². The van der Waals surface area contributed by atoms with Gasteiger partial charge in [0.05, 0.1) is 25.8 Å². The number of hydrogen-bond donors (Lipinski definition) is 1. The molecule has 0 fully saturated rings. The van der Waals surface area contributed by atoms with Gasteiger partial charge in [-0.25, -0.2) is 0 Å². The lowest BCUT2D eigenvalue weighted by Crippen LogP contribution is -2.11. The van der Waals surface area contributed by atoms with Crippen molar-refractivity contribution in [3.8, 4) is 5.75 Å². The van der Waals surface area contributed by atoms with Gasteiger partial charge < -0.3 is 14.8 Å². The van der Waals surface area contributed by atoms with E-state index in [4.69, 9.17) is 9.47 Å². The molecular formula is C12H17NO3. The topological polar surface area (TPSA) is 47.6 Å². The van der Waals surface area contributed by atoms with Crippen LogP contribution in [-0.4, -0.2) is 26.2 Å². The second-order valence-electron chi connectivity index (χ2n) is 3.18. The van der Waals surface area contributed by atoms with Crippen molar-refractivity contribution in [1.82, 2.24) is 0 Å². The fourth-order valence-electron chi connectivity index (χ4n) is 1.32. The van der Waals surface area contributed by atoms with E-state index < -0.39 is 0 Å². The molecule has 0 saturated heterocycles. The van der Waals surface area contributed by atoms with Gasteiger partial charge in [0, 0.05) is 6.54 Å². The predicted octanol–water partition coefficient (Wildman–Crippen LogP) is 2.06. The van der Waals surface area contributed by atoms with Gasteiger partial charge >= 0.3 is 5.97 Å². The molecule has 0 heterocycles. The van der Waals surface area contributed by atoms with Crippen LogP contribution in [0.4, 0.5) is 5.69 Å². The summed E-state index contributed by atoms with van der Waals surface area (Å²) in [7, 11) is 1.62. The number of anilines is 1. The van der Waals surface area contributed by atoms with Gasteiger partial charge in [-0.1, -0.05) is 12.1 Å². The Hall–Kier alpha value is -1.71. The van der Waals surface area contributed by atoms with E-state index in [0.29, 0.717) is 19.6 Å². The molecule has 1 aromatic rings. The molecule has 0 saturated carbocycles. The first kappa shape index (κ1) is 12.4. The number of hydrogen-bond acceptors (Lipinski definition) is 4. The van der Waals surface area contributed by atoms with Crippen LogP contribution in [0, 0.1) is 0 Å². The molecule has 16 heavy (non-hydrogen) atoms. The zero-order valence-corrected chi connectivity index (χ0v) is 9.66. The molecule has 0 aromatic heterocycles. The highest BCUT2D eigenvalue weighted by molar-refractivity contribution is 5.70. The van der Waals surface area contributed by atoms with Crippen molar-refractivity contribution in [2.45, 2.75) is 13.3 Å². The van der Waals surface area contributed by atoms with Crippen LogP contribution in [0.5, 0.6) is 5.75 Å². The van der Waals surface area contributed by atoms with Gasteiger partial charge in [-0.15, -0.1) is 0 Å². The summed E-state index contributed by atoms with van der Waals surface area (Å²) >= 11 is 0. The third kappa shape index (κ3) is 3.81. The molecule has 0 unspecified atom stereocenters. The molecule has 1 aromatic carbocycles. The van der Waals surface area contributed by atoms with Crippen LogP contribution >= 0.6 is 0 Å². The van der Waals surface area contributed by atoms with Crippen molar-refractivity contribution in [2.24, 2.45) is 0 Å². The molecule has 88 valence electrons. The van der Waals surface area contributed by atoms with Crippen LogP contribution in [0.1, 0.15) is 13.3 Å². The second kappa shape index (κ2) is 6.71. The molecule has 1 rings (SSSR count). The van der Waals surface area contributed by atoms with Crippen LogP contribution in [-0.2, 0) is 9.53 Å². The van der Waals surface area contributed by atoms with Gasteiger partial charge in [-0.05, 0) is 19.1 Å². The number of esters is 1. The first-order valence-electron chi connectivity index (χ1n) is 5.30. The Kier molecular flexibility index (Phi) is 5.19. The lowest BCUT2D eigenvalue weighted by Gasteiger charge is -2.10. The number of nitrogens with one attached hydrogen (secondary N) is 1. The fraction of sp³-hybridized carbons (Fsp3) is 0.417. The third-order valence-electron chi connectivity index (χ3n) is 2.06. The standard InChI is InChI=1S/C12H17NO3/c1-3-16-12(14)8-9-13-10-6-4-5-7-11(10)15-2/h4-7,13H,3,8-9H2,1-2H3. The molecule has 0 bridgehead atoms. The van der Waals surface area contributed by atoms with Crippen molar-refractivity contribution >= 4 is 11.7 Å². The summed E-state index contributed by atoms with van der Waals surface area (Å²) in [5.74, 6) is 0.580. The van der Waals surface area contributed by atoms with E-state index in [0.717, 1.165) is 11.4 Å². The Labute approximate surface area is 95.6 Å². The molecular weight excluding hydrogens is 206 g/mol. The Morgan fingerprint density at radius 1 is 1.38 bits per heavy atom. The molecule has 1 N–H and O–H groups in total. The summed E-state index contributed by atoms with van der Waals surface area (Å²) in [6, 6.07) is 7.58. The van der Waals surface area contributed by atoms with Crippen LogP contribution in [0.2, 0.25) is 0 Å². The molecule has 4 heteroatoms. The molecule has 0 radical (unpaired) electrons. The first-order valence-corrected chi connectivity index (χ1v) is 5.30. The molecule has 0 aliphatic rings. The number of carbonyl (C=O) groups is 1. The summed E-state index contributed by atoms with van der Waals surface area (Å²) in [6.45, 7) is 2.76. The van der Waals surface area contributed by atoms with Gasteiger partial charge in [-0.2, -0.15) is 0 Å². The van der Waals surface area contributed by atoms with E-state index in [1.165, 1.54) is 0 Å². The third-order valence-corrected chi connectivity index (χ3v) is 2.06. The number of methoxy groups -OCH3 is 1. The molecule has 0 amide bonds. The summed E-state index contributed by atoms with van der Waals surface area (Å²) in [5.41, 5.74) is 0.884. The maximum Gasteiger partial charge on any atom is 0.307 e. The van der Waals surface area contributed by atoms with E-state index >= 15 is 0 Å². The van der Waals surface area contributed by atoms with Gasteiger partial charge in [-0.3, -0.25) is 4.79 Å². The number of rotatable bonds is 6. The molecule has 0 spiro atoms. The minimum absolute atomic E-state index is 0.190. The quantitative estimate of drug-likeness (QED) is 0.750. The van der Waals surface area contributed by atoms with Crippen LogP contribution in [0.15, 0.2) is 24.3 Å². The number of para-hydroxylation sites is 2. The summed E-state index contributed by atoms with van der Waals surface area (Å²) in [5, 5.41) is 3.13. The predicted molar refractivity (Wildman–Crippen MR) is 62.7 cm³/mol. The van der Waals surface area contributed by atoms with Crippen molar-refractivity contribution in [3.05, 3.63) is 24.3 Å². The average Bonchev–Trinajstić information content (AvgIpc) is 2.30. The maximum absolute atomic E-state index is 11.1. The van der Waals surface area contributed by atoms with Gasteiger partial charge in [0.25, 0.3) is 0 Å². The van der Waals surface area contributed by atoms with E-state index in [2.05, 4.69) is 5.32 Å². The van der Waals surface area contributed by atoms with Crippen molar-refractivity contribution < 1.29 is 14.3 Å². The van der Waals surface area contributed by atoms with E-state index in [1.807, 2.05) is 24.3 Å². The summed E-state index contributed by atoms with van der Waals surface area (Å²) < 4.78 is 10.00.